The van der Waals surface area contributed by atoms with Gasteiger partial charge in [0.15, 0.2) is 0 Å². The van der Waals surface area contributed by atoms with E-state index in [9.17, 15) is 9.59 Å². The molecule has 1 N–H and O–H groups in total. The van der Waals surface area contributed by atoms with E-state index in [4.69, 9.17) is 23.2 Å². The first kappa shape index (κ1) is 22.3. The summed E-state index contributed by atoms with van der Waals surface area (Å²) in [6, 6.07) is 13.9. The lowest BCUT2D eigenvalue weighted by Crippen LogP contribution is -2.49. The zero-order valence-corrected chi connectivity index (χ0v) is 17.9. The van der Waals surface area contributed by atoms with Crippen LogP contribution in [0.3, 0.4) is 0 Å². The molecule has 28 heavy (non-hydrogen) atoms. The first-order chi connectivity index (χ1) is 13.3. The van der Waals surface area contributed by atoms with Gasteiger partial charge < -0.3 is 10.2 Å². The van der Waals surface area contributed by atoms with Crippen LogP contribution in [0, 0.1) is 0 Å². The van der Waals surface area contributed by atoms with E-state index in [1.807, 2.05) is 44.2 Å². The number of nitrogens with zero attached hydrogens (tertiary/aromatic N) is 1. The molecule has 0 unspecified atom stereocenters. The minimum atomic E-state index is -0.604. The van der Waals surface area contributed by atoms with Crippen molar-refractivity contribution in [3.63, 3.8) is 0 Å². The number of halogens is 2. The zero-order valence-electron chi connectivity index (χ0n) is 16.4. The van der Waals surface area contributed by atoms with Gasteiger partial charge in [-0.3, -0.25) is 9.59 Å². The average molecular weight is 421 g/mol. The summed E-state index contributed by atoms with van der Waals surface area (Å²) in [5.41, 5.74) is 1.72. The number of benzene rings is 2. The molecule has 2 aromatic rings. The summed E-state index contributed by atoms with van der Waals surface area (Å²) in [5.74, 6) is -0.296. The molecule has 6 heteroatoms. The molecule has 0 spiro atoms. The first-order valence-electron chi connectivity index (χ1n) is 9.39. The molecule has 2 aromatic carbocycles. The van der Waals surface area contributed by atoms with Crippen LogP contribution in [0.1, 0.15) is 38.3 Å². The SMILES string of the molecule is CC[C@@H](C)NC(=O)[C@@H](C)N(Cc1cccc(Cl)c1)C(=O)Cc1ccc(Cl)cc1. The van der Waals surface area contributed by atoms with E-state index < -0.39 is 6.04 Å². The predicted molar refractivity (Wildman–Crippen MR) is 115 cm³/mol. The lowest BCUT2D eigenvalue weighted by Gasteiger charge is -2.30. The molecule has 4 nitrogen and oxygen atoms in total. The highest BCUT2D eigenvalue weighted by molar-refractivity contribution is 6.30. The van der Waals surface area contributed by atoms with Crippen molar-refractivity contribution in [2.24, 2.45) is 0 Å². The molecule has 0 aliphatic heterocycles. The Morgan fingerprint density at radius 2 is 1.68 bits per heavy atom. The fourth-order valence-corrected chi connectivity index (χ4v) is 3.10. The van der Waals surface area contributed by atoms with Gasteiger partial charge >= 0.3 is 0 Å². The Balaban J connectivity index is 2.22. The van der Waals surface area contributed by atoms with Crippen molar-refractivity contribution in [2.45, 2.75) is 52.2 Å². The minimum absolute atomic E-state index is 0.0503. The lowest BCUT2D eigenvalue weighted by molar-refractivity contribution is -0.140. The number of nitrogens with one attached hydrogen (secondary N) is 1. The number of rotatable bonds is 8. The van der Waals surface area contributed by atoms with Gasteiger partial charge in [-0.1, -0.05) is 54.4 Å². The molecule has 0 aliphatic rings. The quantitative estimate of drug-likeness (QED) is 0.661. The number of hydrogen-bond acceptors (Lipinski definition) is 2. The monoisotopic (exact) mass is 420 g/mol. The van der Waals surface area contributed by atoms with Gasteiger partial charge in [-0.15, -0.1) is 0 Å². The summed E-state index contributed by atoms with van der Waals surface area (Å²) < 4.78 is 0. The largest absolute Gasteiger partial charge is 0.352 e. The van der Waals surface area contributed by atoms with Crippen LogP contribution in [0.15, 0.2) is 48.5 Å². The van der Waals surface area contributed by atoms with Gasteiger partial charge in [-0.05, 0) is 55.7 Å². The Hall–Kier alpha value is -2.04. The van der Waals surface area contributed by atoms with Crippen LogP contribution >= 0.6 is 23.2 Å². The van der Waals surface area contributed by atoms with Crippen LogP contribution in [0.5, 0.6) is 0 Å². The highest BCUT2D eigenvalue weighted by atomic mass is 35.5. The van der Waals surface area contributed by atoms with Crippen LogP contribution in [0.2, 0.25) is 10.0 Å². The smallest absolute Gasteiger partial charge is 0.242 e. The van der Waals surface area contributed by atoms with Gasteiger partial charge in [0, 0.05) is 22.6 Å². The van der Waals surface area contributed by atoms with Gasteiger partial charge in [-0.25, -0.2) is 0 Å². The van der Waals surface area contributed by atoms with Crippen LogP contribution in [-0.2, 0) is 22.6 Å². The second kappa shape index (κ2) is 10.5. The molecule has 0 heterocycles. The summed E-state index contributed by atoms with van der Waals surface area (Å²) in [6.07, 6.45) is 1.02. The van der Waals surface area contributed by atoms with Crippen LogP contribution in [0.4, 0.5) is 0 Å². The third kappa shape index (κ3) is 6.54. The van der Waals surface area contributed by atoms with E-state index in [0.717, 1.165) is 17.5 Å². The fourth-order valence-electron chi connectivity index (χ4n) is 2.76. The van der Waals surface area contributed by atoms with Gasteiger partial charge in [0.25, 0.3) is 0 Å². The lowest BCUT2D eigenvalue weighted by atomic mass is 10.1. The first-order valence-corrected chi connectivity index (χ1v) is 10.1. The molecule has 0 saturated heterocycles. The van der Waals surface area contributed by atoms with E-state index >= 15 is 0 Å². The Kier molecular flexibility index (Phi) is 8.34. The standard InChI is InChI=1S/C22H26Cl2N2O2/c1-4-15(2)25-22(28)16(3)26(14-18-6-5-7-20(24)12-18)21(27)13-17-8-10-19(23)11-9-17/h5-12,15-16H,4,13-14H2,1-3H3,(H,25,28)/t15-,16-/m1/s1. The van der Waals surface area contributed by atoms with Crippen molar-refractivity contribution in [2.75, 3.05) is 0 Å². The molecular formula is C22H26Cl2N2O2. The molecule has 0 fully saturated rings. The topological polar surface area (TPSA) is 49.4 Å². The van der Waals surface area contributed by atoms with Gasteiger partial charge in [-0.2, -0.15) is 0 Å². The highest BCUT2D eigenvalue weighted by Crippen LogP contribution is 2.17. The Labute approximate surface area is 176 Å². The maximum absolute atomic E-state index is 13.1. The third-order valence-corrected chi connectivity index (χ3v) is 5.17. The maximum atomic E-state index is 13.1. The second-order valence-electron chi connectivity index (χ2n) is 6.95. The van der Waals surface area contributed by atoms with Crippen molar-refractivity contribution >= 4 is 35.0 Å². The fraction of sp³-hybridized carbons (Fsp3) is 0.364. The van der Waals surface area contributed by atoms with Crippen molar-refractivity contribution < 1.29 is 9.59 Å². The van der Waals surface area contributed by atoms with E-state index in [0.29, 0.717) is 16.6 Å². The zero-order chi connectivity index (χ0) is 20.7. The summed E-state index contributed by atoms with van der Waals surface area (Å²) in [4.78, 5) is 27.3. The molecule has 0 radical (unpaired) electrons. The Morgan fingerprint density at radius 3 is 2.29 bits per heavy atom. The molecule has 0 aliphatic carbocycles. The number of carbonyl (C=O) groups is 2. The number of carbonyl (C=O) groups excluding carboxylic acids is 2. The molecule has 2 atom stereocenters. The van der Waals surface area contributed by atoms with Crippen molar-refractivity contribution in [1.82, 2.24) is 10.2 Å². The molecule has 2 rings (SSSR count). The van der Waals surface area contributed by atoms with Crippen molar-refractivity contribution in [3.8, 4) is 0 Å². The second-order valence-corrected chi connectivity index (χ2v) is 7.82. The van der Waals surface area contributed by atoms with Crippen LogP contribution < -0.4 is 5.32 Å². The van der Waals surface area contributed by atoms with E-state index in [-0.39, 0.29) is 24.3 Å². The molecule has 2 amide bonds. The van der Waals surface area contributed by atoms with E-state index in [1.165, 1.54) is 0 Å². The maximum Gasteiger partial charge on any atom is 0.242 e. The van der Waals surface area contributed by atoms with Crippen molar-refractivity contribution in [3.05, 3.63) is 69.7 Å². The van der Waals surface area contributed by atoms with Crippen molar-refractivity contribution in [1.29, 1.82) is 0 Å². The van der Waals surface area contributed by atoms with E-state index in [2.05, 4.69) is 5.32 Å². The minimum Gasteiger partial charge on any atom is -0.352 e. The summed E-state index contributed by atoms with van der Waals surface area (Å²) in [7, 11) is 0. The normalized spacial score (nSPS) is 12.9. The van der Waals surface area contributed by atoms with Crippen LogP contribution in [-0.4, -0.2) is 28.8 Å². The molecule has 0 saturated carbocycles. The van der Waals surface area contributed by atoms with Gasteiger partial charge in [0.2, 0.25) is 11.8 Å². The van der Waals surface area contributed by atoms with E-state index in [1.54, 1.807) is 30.0 Å². The molecule has 150 valence electrons. The predicted octanol–water partition coefficient (Wildman–Crippen LogP) is 4.87. The average Bonchev–Trinajstić information content (AvgIpc) is 2.67. The molecular weight excluding hydrogens is 395 g/mol. The summed E-state index contributed by atoms with van der Waals surface area (Å²) >= 11 is 12.0. The summed E-state index contributed by atoms with van der Waals surface area (Å²) in [6.45, 7) is 6.01. The molecule has 0 aromatic heterocycles. The highest BCUT2D eigenvalue weighted by Gasteiger charge is 2.26. The van der Waals surface area contributed by atoms with Crippen LogP contribution in [0.25, 0.3) is 0 Å². The number of hydrogen-bond donors (Lipinski definition) is 1. The molecule has 0 bridgehead atoms. The van der Waals surface area contributed by atoms with Gasteiger partial charge in [0.1, 0.15) is 6.04 Å². The Morgan fingerprint density at radius 1 is 1.00 bits per heavy atom. The Bertz CT molecular complexity index is 808. The number of amides is 2. The summed E-state index contributed by atoms with van der Waals surface area (Å²) in [5, 5.41) is 4.17. The van der Waals surface area contributed by atoms with Gasteiger partial charge in [0.05, 0.1) is 6.42 Å². The third-order valence-electron chi connectivity index (χ3n) is 4.68.